The Morgan fingerprint density at radius 2 is 2.57 bits per heavy atom. The Kier molecular flexibility index (Phi) is 5.56. The van der Waals surface area contributed by atoms with Gasteiger partial charge in [0.05, 0.1) is 0 Å². The zero-order valence-electron chi connectivity index (χ0n) is 4.42. The SMILES string of the molecule is C=C/N=C\CSC. The number of hydrogen-bond acceptors (Lipinski definition) is 2. The van der Waals surface area contributed by atoms with Gasteiger partial charge in [0.15, 0.2) is 0 Å². The van der Waals surface area contributed by atoms with Gasteiger partial charge in [-0.15, -0.1) is 0 Å². The Hall–Kier alpha value is -0.240. The minimum Gasteiger partial charge on any atom is -0.269 e. The Balaban J connectivity index is 2.92. The molecule has 0 aromatic carbocycles. The molecule has 0 fully saturated rings. The van der Waals surface area contributed by atoms with Crippen LogP contribution in [-0.4, -0.2) is 18.2 Å². The first kappa shape index (κ1) is 6.76. The van der Waals surface area contributed by atoms with Gasteiger partial charge in [-0.1, -0.05) is 6.58 Å². The predicted octanol–water partition coefficient (Wildman–Crippen LogP) is 1.56. The summed E-state index contributed by atoms with van der Waals surface area (Å²) in [4.78, 5) is 3.78. The first-order valence-corrected chi connectivity index (χ1v) is 3.42. The van der Waals surface area contributed by atoms with Crippen molar-refractivity contribution in [3.8, 4) is 0 Å². The van der Waals surface area contributed by atoms with Gasteiger partial charge < -0.3 is 0 Å². The van der Waals surface area contributed by atoms with Crippen LogP contribution in [0.4, 0.5) is 0 Å². The van der Waals surface area contributed by atoms with Crippen LogP contribution < -0.4 is 0 Å². The predicted molar refractivity (Wildman–Crippen MR) is 37.1 cm³/mol. The van der Waals surface area contributed by atoms with Crippen LogP contribution in [0.3, 0.4) is 0 Å². The highest BCUT2D eigenvalue weighted by molar-refractivity contribution is 7.99. The molecule has 0 spiro atoms. The highest BCUT2D eigenvalue weighted by atomic mass is 32.2. The van der Waals surface area contributed by atoms with Crippen molar-refractivity contribution in [2.75, 3.05) is 12.0 Å². The van der Waals surface area contributed by atoms with E-state index in [-0.39, 0.29) is 0 Å². The van der Waals surface area contributed by atoms with Gasteiger partial charge >= 0.3 is 0 Å². The molecule has 0 atom stereocenters. The molecule has 0 saturated carbocycles. The minimum absolute atomic E-state index is 0.978. The van der Waals surface area contributed by atoms with Crippen molar-refractivity contribution in [3.05, 3.63) is 12.8 Å². The summed E-state index contributed by atoms with van der Waals surface area (Å²) in [6.45, 7) is 3.43. The van der Waals surface area contributed by atoms with Crippen molar-refractivity contribution < 1.29 is 0 Å². The third-order valence-electron chi connectivity index (χ3n) is 0.452. The van der Waals surface area contributed by atoms with E-state index in [4.69, 9.17) is 0 Å². The lowest BCUT2D eigenvalue weighted by Crippen LogP contribution is -1.73. The summed E-state index contributed by atoms with van der Waals surface area (Å²) in [5, 5.41) is 0. The average molecular weight is 115 g/mol. The van der Waals surface area contributed by atoms with Crippen LogP contribution >= 0.6 is 11.8 Å². The fraction of sp³-hybridized carbons (Fsp3) is 0.400. The van der Waals surface area contributed by atoms with Crippen LogP contribution in [0.25, 0.3) is 0 Å². The lowest BCUT2D eigenvalue weighted by Gasteiger charge is -1.77. The van der Waals surface area contributed by atoms with Crippen LogP contribution in [-0.2, 0) is 0 Å². The van der Waals surface area contributed by atoms with Gasteiger partial charge in [-0.05, 0) is 6.26 Å². The summed E-state index contributed by atoms with van der Waals surface area (Å²) in [5.74, 6) is 0.978. The molecule has 0 N–H and O–H groups in total. The molecular weight excluding hydrogens is 106 g/mol. The third kappa shape index (κ3) is 5.76. The summed E-state index contributed by atoms with van der Waals surface area (Å²) < 4.78 is 0. The largest absolute Gasteiger partial charge is 0.269 e. The summed E-state index contributed by atoms with van der Waals surface area (Å²) in [6.07, 6.45) is 5.41. The van der Waals surface area contributed by atoms with Crippen molar-refractivity contribution >= 4 is 18.0 Å². The van der Waals surface area contributed by atoms with Gasteiger partial charge in [0.1, 0.15) is 0 Å². The molecule has 0 aliphatic carbocycles. The Morgan fingerprint density at radius 3 is 3.00 bits per heavy atom. The summed E-state index contributed by atoms with van der Waals surface area (Å²) >= 11 is 1.74. The van der Waals surface area contributed by atoms with Gasteiger partial charge in [0.25, 0.3) is 0 Å². The standard InChI is InChI=1S/C5H9NS/c1-3-6-4-5-7-2/h3-4H,1,5H2,2H3/b6-4-. The molecule has 0 bridgehead atoms. The average Bonchev–Trinajstić information content (AvgIpc) is 1.69. The summed E-state index contributed by atoms with van der Waals surface area (Å²) in [5.41, 5.74) is 0. The van der Waals surface area contributed by atoms with Crippen LogP contribution in [0.2, 0.25) is 0 Å². The maximum Gasteiger partial charge on any atom is 0.0285 e. The van der Waals surface area contributed by atoms with E-state index in [0.717, 1.165) is 5.75 Å². The number of aliphatic imine (C=N–C) groups is 1. The second kappa shape index (κ2) is 5.76. The quantitative estimate of drug-likeness (QED) is 0.508. The van der Waals surface area contributed by atoms with Gasteiger partial charge in [-0.2, -0.15) is 11.8 Å². The molecule has 0 heterocycles. The molecule has 0 aromatic rings. The molecule has 0 rings (SSSR count). The smallest absolute Gasteiger partial charge is 0.0285 e. The molecule has 0 aliphatic rings. The second-order valence-electron chi connectivity index (χ2n) is 0.970. The lowest BCUT2D eigenvalue weighted by molar-refractivity contribution is 1.61. The topological polar surface area (TPSA) is 12.4 Å². The second-order valence-corrected chi connectivity index (χ2v) is 1.88. The van der Waals surface area contributed by atoms with E-state index < -0.39 is 0 Å². The van der Waals surface area contributed by atoms with Crippen molar-refractivity contribution in [3.63, 3.8) is 0 Å². The highest BCUT2D eigenvalue weighted by Gasteiger charge is 1.66. The van der Waals surface area contributed by atoms with Gasteiger partial charge in [0.2, 0.25) is 0 Å². The molecule has 0 amide bonds. The van der Waals surface area contributed by atoms with Gasteiger partial charge in [-0.25, -0.2) is 0 Å². The normalized spacial score (nSPS) is 9.86. The van der Waals surface area contributed by atoms with Crippen LogP contribution in [0, 0.1) is 0 Å². The Labute approximate surface area is 48.5 Å². The highest BCUT2D eigenvalue weighted by Crippen LogP contribution is 1.85. The van der Waals surface area contributed by atoms with Crippen molar-refractivity contribution in [1.82, 2.24) is 0 Å². The van der Waals surface area contributed by atoms with Crippen LogP contribution in [0.1, 0.15) is 0 Å². The number of hydrogen-bond donors (Lipinski definition) is 0. The molecule has 0 saturated heterocycles. The van der Waals surface area contributed by atoms with Crippen molar-refractivity contribution in [1.29, 1.82) is 0 Å². The molecule has 2 heteroatoms. The minimum atomic E-state index is 0.978. The molecule has 0 unspecified atom stereocenters. The fourth-order valence-electron chi connectivity index (χ4n) is 0.192. The first-order chi connectivity index (χ1) is 3.41. The van der Waals surface area contributed by atoms with Gasteiger partial charge in [0, 0.05) is 18.2 Å². The molecule has 40 valence electrons. The van der Waals surface area contributed by atoms with Gasteiger partial charge in [-0.3, -0.25) is 4.99 Å². The fourth-order valence-corrected chi connectivity index (χ4v) is 0.427. The van der Waals surface area contributed by atoms with E-state index in [0.29, 0.717) is 0 Å². The lowest BCUT2D eigenvalue weighted by atomic mass is 10.8. The molecule has 7 heavy (non-hydrogen) atoms. The Morgan fingerprint density at radius 1 is 1.86 bits per heavy atom. The van der Waals surface area contributed by atoms with E-state index in [1.54, 1.807) is 11.8 Å². The van der Waals surface area contributed by atoms with E-state index in [2.05, 4.69) is 11.6 Å². The molecule has 0 aromatic heterocycles. The maximum atomic E-state index is 3.78. The molecule has 1 nitrogen and oxygen atoms in total. The van der Waals surface area contributed by atoms with E-state index in [1.807, 2.05) is 12.5 Å². The summed E-state index contributed by atoms with van der Waals surface area (Å²) in [6, 6.07) is 0. The maximum absolute atomic E-state index is 3.78. The summed E-state index contributed by atoms with van der Waals surface area (Å²) in [7, 11) is 0. The van der Waals surface area contributed by atoms with Crippen LogP contribution in [0.5, 0.6) is 0 Å². The van der Waals surface area contributed by atoms with Crippen molar-refractivity contribution in [2.45, 2.75) is 0 Å². The monoisotopic (exact) mass is 115 g/mol. The van der Waals surface area contributed by atoms with Crippen LogP contribution in [0.15, 0.2) is 17.8 Å². The Bertz CT molecular complexity index is 68.5. The van der Waals surface area contributed by atoms with E-state index in [9.17, 15) is 0 Å². The first-order valence-electron chi connectivity index (χ1n) is 2.03. The zero-order chi connectivity index (χ0) is 5.54. The van der Waals surface area contributed by atoms with E-state index >= 15 is 0 Å². The van der Waals surface area contributed by atoms with Crippen molar-refractivity contribution in [2.24, 2.45) is 4.99 Å². The number of rotatable bonds is 3. The molecule has 0 aliphatic heterocycles. The molecule has 0 radical (unpaired) electrons. The zero-order valence-corrected chi connectivity index (χ0v) is 5.24. The molecular formula is C5H9NS. The third-order valence-corrected chi connectivity index (χ3v) is 0.934. The number of thioether (sulfide) groups is 1. The number of nitrogens with zero attached hydrogens (tertiary/aromatic N) is 1. The van der Waals surface area contributed by atoms with E-state index in [1.165, 1.54) is 6.20 Å².